The Bertz CT molecular complexity index is 1390. The van der Waals surface area contributed by atoms with Crippen molar-refractivity contribution in [3.63, 3.8) is 0 Å². The molecule has 0 radical (unpaired) electrons. The van der Waals surface area contributed by atoms with Gasteiger partial charge in [0.25, 0.3) is 5.69 Å². The van der Waals surface area contributed by atoms with Crippen LogP contribution in [-0.4, -0.2) is 96.3 Å². The molecule has 3 aliphatic heterocycles. The number of aliphatic carboxylic acids is 1. The number of rotatable bonds is 7. The van der Waals surface area contributed by atoms with E-state index in [1.54, 1.807) is 24.5 Å². The number of sulfonamides is 1. The molecule has 5 rings (SSSR count). The van der Waals surface area contributed by atoms with Crippen molar-refractivity contribution in [2.75, 3.05) is 42.6 Å². The van der Waals surface area contributed by atoms with Gasteiger partial charge in [0.1, 0.15) is 17.5 Å². The summed E-state index contributed by atoms with van der Waals surface area (Å²) in [6.07, 6.45) is -0.212. The Balaban J connectivity index is 0.000000517. The fourth-order valence-corrected chi connectivity index (χ4v) is 7.94. The van der Waals surface area contributed by atoms with Crippen molar-refractivity contribution in [1.29, 1.82) is 0 Å². The summed E-state index contributed by atoms with van der Waals surface area (Å²) in [5, 5.41) is 19.2. The smallest absolute Gasteiger partial charge is 0.485 e. The molecule has 3 saturated heterocycles. The summed E-state index contributed by atoms with van der Waals surface area (Å²) in [6.45, 7) is 4.41. The highest BCUT2D eigenvalue weighted by molar-refractivity contribution is 7.99. The number of alkyl halides is 3. The molecule has 4 heterocycles. The van der Waals surface area contributed by atoms with Gasteiger partial charge in [-0.2, -0.15) is 24.9 Å². The van der Waals surface area contributed by atoms with E-state index in [2.05, 4.69) is 14.6 Å². The number of halogens is 3. The fraction of sp³-hybridized carbons (Fsp3) is 0.520. The minimum atomic E-state index is -5.08. The molecule has 42 heavy (non-hydrogen) atoms. The molecule has 2 atom stereocenters. The molecule has 2 N–H and O–H groups in total. The molecule has 12 nitrogen and oxygen atoms in total. The number of fused-ring (bicyclic) bond motifs is 1. The van der Waals surface area contributed by atoms with Gasteiger partial charge >= 0.3 is 12.1 Å². The number of carboxylic acids is 1. The second-order valence-corrected chi connectivity index (χ2v) is 12.8. The van der Waals surface area contributed by atoms with Crippen LogP contribution in [-0.2, 0) is 14.8 Å². The Hall–Kier alpha value is -3.15. The molecule has 0 bridgehead atoms. The summed E-state index contributed by atoms with van der Waals surface area (Å²) in [7, 11) is -3.92. The zero-order valence-electron chi connectivity index (χ0n) is 22.5. The number of nitro benzene ring substituents is 1. The zero-order valence-corrected chi connectivity index (χ0v) is 24.1. The number of thioether (sulfide) groups is 1. The van der Waals surface area contributed by atoms with Gasteiger partial charge in [-0.15, -0.1) is 0 Å². The van der Waals surface area contributed by atoms with Crippen LogP contribution in [0.5, 0.6) is 5.75 Å². The first-order chi connectivity index (χ1) is 19.8. The summed E-state index contributed by atoms with van der Waals surface area (Å²) < 4.78 is 67.3. The highest BCUT2D eigenvalue weighted by atomic mass is 32.2. The molecule has 0 aliphatic carbocycles. The molecule has 2 unspecified atom stereocenters. The molecule has 0 saturated carbocycles. The zero-order chi connectivity index (χ0) is 30.7. The molecular weight excluding hydrogens is 603 g/mol. The van der Waals surface area contributed by atoms with Gasteiger partial charge in [0, 0.05) is 41.9 Å². The fourth-order valence-electron chi connectivity index (χ4n) is 5.18. The predicted octanol–water partition coefficient (Wildman–Crippen LogP) is 3.06. The lowest BCUT2D eigenvalue weighted by Gasteiger charge is -2.44. The maximum absolute atomic E-state index is 13.4. The monoisotopic (exact) mass is 633 g/mol. The minimum Gasteiger partial charge on any atom is -0.485 e. The molecule has 0 amide bonds. The van der Waals surface area contributed by atoms with Crippen LogP contribution in [0, 0.1) is 17.0 Å². The highest BCUT2D eigenvalue weighted by Crippen LogP contribution is 2.38. The van der Waals surface area contributed by atoms with Gasteiger partial charge in [-0.1, -0.05) is 0 Å². The quantitative estimate of drug-likeness (QED) is 0.341. The molecular formula is C25H30F3N5O7S2. The van der Waals surface area contributed by atoms with E-state index in [1.807, 2.05) is 22.7 Å². The number of aromatic nitrogens is 1. The van der Waals surface area contributed by atoms with Crippen molar-refractivity contribution in [2.24, 2.45) is 0 Å². The van der Waals surface area contributed by atoms with E-state index in [1.165, 1.54) is 13.0 Å². The number of carboxylic acid groups (broad SMARTS) is 1. The molecule has 230 valence electrons. The number of benzene rings is 1. The highest BCUT2D eigenvalue weighted by Gasteiger charge is 2.39. The van der Waals surface area contributed by atoms with Crippen LogP contribution < -0.4 is 14.4 Å². The number of carbonyl (C=O) groups is 1. The summed E-state index contributed by atoms with van der Waals surface area (Å²) in [5.74, 6) is -0.156. The number of anilines is 1. The Morgan fingerprint density at radius 3 is 2.60 bits per heavy atom. The maximum atomic E-state index is 13.4. The number of nitrogens with zero attached hydrogens (tertiary/aromatic N) is 4. The predicted molar refractivity (Wildman–Crippen MR) is 148 cm³/mol. The number of hydrogen-bond donors (Lipinski definition) is 2. The van der Waals surface area contributed by atoms with Crippen LogP contribution in [0.15, 0.2) is 41.6 Å². The van der Waals surface area contributed by atoms with Crippen LogP contribution >= 0.6 is 11.8 Å². The van der Waals surface area contributed by atoms with Gasteiger partial charge in [-0.25, -0.2) is 17.9 Å². The van der Waals surface area contributed by atoms with Gasteiger partial charge in [0.05, 0.1) is 29.1 Å². The number of ether oxygens (including phenoxy) is 1. The normalized spacial score (nSPS) is 21.4. The first-order valence-electron chi connectivity index (χ1n) is 13.0. The number of nitro groups is 1. The molecule has 3 fully saturated rings. The Morgan fingerprint density at radius 2 is 1.98 bits per heavy atom. The maximum Gasteiger partial charge on any atom is 0.490 e. The molecule has 17 heteroatoms. The van der Waals surface area contributed by atoms with Crippen LogP contribution in [0.3, 0.4) is 0 Å². The van der Waals surface area contributed by atoms with E-state index < -0.39 is 27.1 Å². The van der Waals surface area contributed by atoms with Gasteiger partial charge in [-0.3, -0.25) is 20.0 Å². The molecule has 1 aromatic carbocycles. The van der Waals surface area contributed by atoms with Crippen molar-refractivity contribution in [1.82, 2.24) is 14.6 Å². The molecule has 0 spiro atoms. The lowest BCUT2D eigenvalue weighted by atomic mass is 9.98. The van der Waals surface area contributed by atoms with E-state index in [4.69, 9.17) is 14.6 Å². The van der Waals surface area contributed by atoms with Gasteiger partial charge in [0.15, 0.2) is 0 Å². The van der Waals surface area contributed by atoms with Gasteiger partial charge in [0.2, 0.25) is 10.0 Å². The van der Waals surface area contributed by atoms with Crippen LogP contribution in [0.1, 0.15) is 18.4 Å². The standard InChI is InChI=1S/C23H29N5O5S2.C2HF3O2/c1-16-22(35(31,32)25-19-5-3-9-26-10-11-34-15-21(19)26)7-6-20(23(16)28(29)30)27-13-18(14-27)33-17-4-2-8-24-12-17;3-2(4,5)1(6)7/h2,4,6-8,12,18-19,21,25H,3,5,9-11,13-15H2,1H3;(H,6,7). The summed E-state index contributed by atoms with van der Waals surface area (Å²) in [4.78, 5) is 28.6. The van der Waals surface area contributed by atoms with Crippen LogP contribution in [0.4, 0.5) is 24.5 Å². The van der Waals surface area contributed by atoms with E-state index in [0.29, 0.717) is 24.5 Å². The van der Waals surface area contributed by atoms with Crippen molar-refractivity contribution in [2.45, 2.75) is 49.0 Å². The second-order valence-electron chi connectivity index (χ2n) is 10.00. The van der Waals surface area contributed by atoms with Crippen LogP contribution in [0.2, 0.25) is 0 Å². The van der Waals surface area contributed by atoms with Gasteiger partial charge < -0.3 is 14.7 Å². The SMILES string of the molecule is Cc1c(S(=O)(=O)NC2CCCN3CCSCC23)ccc(N2CC(Oc3cccnc3)C2)c1[N+](=O)[O-].O=C(O)C(F)(F)F. The van der Waals surface area contributed by atoms with E-state index in [-0.39, 0.29) is 34.3 Å². The van der Waals surface area contributed by atoms with E-state index >= 15 is 0 Å². The Morgan fingerprint density at radius 1 is 1.26 bits per heavy atom. The molecule has 3 aliphatic rings. The average Bonchev–Trinajstić information content (AvgIpc) is 2.90. The van der Waals surface area contributed by atoms with Crippen LogP contribution in [0.25, 0.3) is 0 Å². The first-order valence-corrected chi connectivity index (χ1v) is 15.7. The third-order valence-electron chi connectivity index (χ3n) is 7.21. The third kappa shape index (κ3) is 7.43. The number of pyridine rings is 1. The van der Waals surface area contributed by atoms with E-state index in [9.17, 15) is 31.7 Å². The Labute approximate surface area is 244 Å². The van der Waals surface area contributed by atoms with E-state index in [0.717, 1.165) is 37.4 Å². The first kappa shape index (κ1) is 31.8. The average molecular weight is 634 g/mol. The lowest BCUT2D eigenvalue weighted by molar-refractivity contribution is -0.384. The number of hydrogen-bond acceptors (Lipinski definition) is 10. The second kappa shape index (κ2) is 13.0. The minimum absolute atomic E-state index is 0.0304. The molecule has 1 aromatic heterocycles. The Kier molecular flexibility index (Phi) is 9.84. The largest absolute Gasteiger partial charge is 0.490 e. The summed E-state index contributed by atoms with van der Waals surface area (Å²) in [6, 6.07) is 6.59. The summed E-state index contributed by atoms with van der Waals surface area (Å²) in [5.41, 5.74) is 0.388. The lowest BCUT2D eigenvalue weighted by Crippen LogP contribution is -2.58. The molecule has 2 aromatic rings. The van der Waals surface area contributed by atoms with Crippen molar-refractivity contribution in [3.8, 4) is 5.75 Å². The third-order valence-corrected chi connectivity index (χ3v) is 9.90. The number of nitrogens with one attached hydrogen (secondary N) is 1. The summed E-state index contributed by atoms with van der Waals surface area (Å²) >= 11 is 1.85. The van der Waals surface area contributed by atoms with Crippen molar-refractivity contribution >= 4 is 39.1 Å². The topological polar surface area (TPSA) is 155 Å². The van der Waals surface area contributed by atoms with Crippen molar-refractivity contribution < 1.29 is 41.2 Å². The van der Waals surface area contributed by atoms with Gasteiger partial charge in [-0.05, 0) is 50.6 Å². The van der Waals surface area contributed by atoms with Crippen molar-refractivity contribution in [3.05, 3.63) is 52.3 Å². The number of piperidine rings is 1.